The number of carbonyl (C=O) groups excluding carboxylic acids is 3. The van der Waals surface area contributed by atoms with Crippen LogP contribution >= 0.6 is 0 Å². The van der Waals surface area contributed by atoms with Crippen molar-refractivity contribution in [1.29, 1.82) is 0 Å². The monoisotopic (exact) mass is 548 g/mol. The quantitative estimate of drug-likeness (QED) is 0.295. The van der Waals surface area contributed by atoms with Crippen molar-refractivity contribution in [2.24, 2.45) is 0 Å². The number of benzene rings is 2. The maximum Gasteiger partial charge on any atom is 0.408 e. The smallest absolute Gasteiger partial charge is 0.408 e. The minimum absolute atomic E-state index is 0.225. The second-order valence-corrected chi connectivity index (χ2v) is 10.8. The Hall–Kier alpha value is -3.83. The van der Waals surface area contributed by atoms with Crippen molar-refractivity contribution in [1.82, 2.24) is 10.6 Å². The van der Waals surface area contributed by atoms with E-state index in [-0.39, 0.29) is 6.61 Å². The summed E-state index contributed by atoms with van der Waals surface area (Å²) in [7, 11) is 0. The number of ether oxygens (including phenoxy) is 2. The Kier molecular flexibility index (Phi) is 11.6. The van der Waals surface area contributed by atoms with Crippen molar-refractivity contribution in [3.8, 4) is 11.8 Å². The third-order valence-corrected chi connectivity index (χ3v) is 6.52. The van der Waals surface area contributed by atoms with Crippen LogP contribution in [-0.4, -0.2) is 47.9 Å². The van der Waals surface area contributed by atoms with Gasteiger partial charge in [-0.15, -0.1) is 0 Å². The lowest BCUT2D eigenvalue weighted by atomic mass is 9.83. The lowest BCUT2D eigenvalue weighted by molar-refractivity contribution is -0.124. The van der Waals surface area contributed by atoms with Gasteiger partial charge in [0.2, 0.25) is 0 Å². The van der Waals surface area contributed by atoms with Crippen molar-refractivity contribution >= 4 is 18.0 Å². The van der Waals surface area contributed by atoms with Crippen LogP contribution < -0.4 is 10.6 Å². The second kappa shape index (κ2) is 15.1. The molecule has 2 amide bonds. The minimum Gasteiger partial charge on any atom is -0.445 e. The number of carbonyl (C=O) groups is 3. The first-order chi connectivity index (χ1) is 19.2. The molecule has 2 aromatic rings. The molecule has 2 aromatic carbocycles. The van der Waals surface area contributed by atoms with E-state index in [0.29, 0.717) is 25.8 Å². The van der Waals surface area contributed by atoms with Gasteiger partial charge in [0, 0.05) is 18.5 Å². The number of rotatable bonds is 10. The predicted molar refractivity (Wildman–Crippen MR) is 153 cm³/mol. The normalized spacial score (nSPS) is 13.2. The fourth-order valence-electron chi connectivity index (χ4n) is 4.63. The Morgan fingerprint density at radius 1 is 1.00 bits per heavy atom. The van der Waals surface area contributed by atoms with Gasteiger partial charge in [-0.25, -0.2) is 9.59 Å². The van der Waals surface area contributed by atoms with Crippen molar-refractivity contribution in [3.63, 3.8) is 0 Å². The maximum atomic E-state index is 12.3. The summed E-state index contributed by atoms with van der Waals surface area (Å²) in [5.74, 6) is 5.98. The molecule has 1 unspecified atom stereocenters. The average molecular weight is 549 g/mol. The highest BCUT2D eigenvalue weighted by Crippen LogP contribution is 2.28. The summed E-state index contributed by atoms with van der Waals surface area (Å²) in [5, 5.41) is 14.8. The number of amides is 2. The number of aliphatic hydroxyl groups is 1. The molecule has 8 nitrogen and oxygen atoms in total. The van der Waals surface area contributed by atoms with Crippen LogP contribution in [-0.2, 0) is 40.1 Å². The highest BCUT2D eigenvalue weighted by molar-refractivity contribution is 5.88. The van der Waals surface area contributed by atoms with E-state index in [1.807, 2.05) is 42.5 Å². The first-order valence-corrected chi connectivity index (χ1v) is 13.9. The van der Waals surface area contributed by atoms with Gasteiger partial charge in [0.15, 0.2) is 5.78 Å². The van der Waals surface area contributed by atoms with Gasteiger partial charge < -0.3 is 25.2 Å². The molecular formula is C32H40N2O6. The number of fused-ring (bicyclic) bond motifs is 1. The topological polar surface area (TPSA) is 114 Å². The second-order valence-electron chi connectivity index (χ2n) is 10.8. The fraction of sp³-hybridized carbons (Fsp3) is 0.469. The van der Waals surface area contributed by atoms with Gasteiger partial charge in [0.25, 0.3) is 0 Å². The lowest BCUT2D eigenvalue weighted by Gasteiger charge is -2.24. The van der Waals surface area contributed by atoms with Crippen LogP contribution in [0.25, 0.3) is 0 Å². The molecule has 8 heteroatoms. The van der Waals surface area contributed by atoms with E-state index in [0.717, 1.165) is 42.4 Å². The van der Waals surface area contributed by atoms with Gasteiger partial charge in [-0.05, 0) is 87.6 Å². The standard InChI is InChI=1S/C32H40N2O6/c1-32(2,3)40-31(38)34-28(29(36)21-35)19-18-25-17-16-24(26-14-7-8-15-27(25)26)13-9-10-20-33-30(37)39-22-23-11-5-4-6-12-23/h4-6,11-12,16-17,28,35H,7-8,10,14-15,18-22H2,1-3H3,(H,33,37)(H,34,38). The number of Topliss-reactive ketones (excluding diaryl/α,β-unsaturated/α-hetero) is 1. The Morgan fingerprint density at radius 2 is 1.73 bits per heavy atom. The van der Waals surface area contributed by atoms with E-state index in [4.69, 9.17) is 9.47 Å². The number of ketones is 1. The van der Waals surface area contributed by atoms with Gasteiger partial charge in [-0.2, -0.15) is 0 Å². The van der Waals surface area contributed by atoms with E-state index in [2.05, 4.69) is 22.5 Å². The number of alkyl carbamates (subject to hydrolysis) is 2. The van der Waals surface area contributed by atoms with Crippen LogP contribution in [0.5, 0.6) is 0 Å². The summed E-state index contributed by atoms with van der Waals surface area (Å²) in [4.78, 5) is 36.5. The highest BCUT2D eigenvalue weighted by atomic mass is 16.6. The molecule has 1 atom stereocenters. The van der Waals surface area contributed by atoms with Gasteiger partial charge in [0.1, 0.15) is 18.8 Å². The molecule has 0 spiro atoms. The molecule has 1 aliphatic rings. The molecule has 0 saturated heterocycles. The molecule has 0 aromatic heterocycles. The van der Waals surface area contributed by atoms with Crippen LogP contribution in [0.1, 0.15) is 74.3 Å². The van der Waals surface area contributed by atoms with E-state index in [1.165, 1.54) is 11.1 Å². The van der Waals surface area contributed by atoms with Crippen LogP contribution in [0.4, 0.5) is 9.59 Å². The van der Waals surface area contributed by atoms with E-state index in [9.17, 15) is 19.5 Å². The van der Waals surface area contributed by atoms with Crippen LogP contribution in [0.2, 0.25) is 0 Å². The molecule has 214 valence electrons. The zero-order valence-corrected chi connectivity index (χ0v) is 23.7. The van der Waals surface area contributed by atoms with Crippen molar-refractivity contribution < 1.29 is 29.0 Å². The van der Waals surface area contributed by atoms with Gasteiger partial charge >= 0.3 is 12.2 Å². The fourth-order valence-corrected chi connectivity index (χ4v) is 4.63. The molecule has 0 heterocycles. The summed E-state index contributed by atoms with van der Waals surface area (Å²) in [5.41, 5.74) is 4.85. The number of hydrogen-bond donors (Lipinski definition) is 3. The summed E-state index contributed by atoms with van der Waals surface area (Å²) < 4.78 is 10.5. The Morgan fingerprint density at radius 3 is 2.42 bits per heavy atom. The van der Waals surface area contributed by atoms with Crippen LogP contribution in [0.3, 0.4) is 0 Å². The average Bonchev–Trinajstić information content (AvgIpc) is 2.93. The molecule has 40 heavy (non-hydrogen) atoms. The molecular weight excluding hydrogens is 508 g/mol. The third kappa shape index (κ3) is 10.0. The lowest BCUT2D eigenvalue weighted by Crippen LogP contribution is -2.44. The van der Waals surface area contributed by atoms with Gasteiger partial charge in [-0.1, -0.05) is 48.2 Å². The zero-order chi connectivity index (χ0) is 29.0. The number of nitrogens with one attached hydrogen (secondary N) is 2. The molecule has 1 aliphatic carbocycles. The van der Waals surface area contributed by atoms with Crippen LogP contribution in [0, 0.1) is 11.8 Å². The Bertz CT molecular complexity index is 1220. The summed E-state index contributed by atoms with van der Waals surface area (Å²) in [6.07, 6.45) is 4.35. The number of hydrogen-bond acceptors (Lipinski definition) is 6. The predicted octanol–water partition coefficient (Wildman–Crippen LogP) is 4.62. The van der Waals surface area contributed by atoms with Crippen LogP contribution in [0.15, 0.2) is 42.5 Å². The zero-order valence-electron chi connectivity index (χ0n) is 23.7. The molecule has 0 radical (unpaired) electrons. The first-order valence-electron chi connectivity index (χ1n) is 13.9. The maximum absolute atomic E-state index is 12.3. The van der Waals surface area contributed by atoms with Gasteiger partial charge in [0.05, 0.1) is 6.04 Å². The van der Waals surface area contributed by atoms with Gasteiger partial charge in [-0.3, -0.25) is 4.79 Å². The molecule has 0 saturated carbocycles. The third-order valence-electron chi connectivity index (χ3n) is 6.52. The number of aryl methyl sites for hydroxylation is 1. The van der Waals surface area contributed by atoms with Crippen molar-refractivity contribution in [2.75, 3.05) is 13.2 Å². The molecule has 0 fully saturated rings. The van der Waals surface area contributed by atoms with E-state index in [1.54, 1.807) is 20.8 Å². The van der Waals surface area contributed by atoms with E-state index >= 15 is 0 Å². The summed E-state index contributed by atoms with van der Waals surface area (Å²) in [6.45, 7) is 5.24. The minimum atomic E-state index is -0.828. The van der Waals surface area contributed by atoms with Crippen molar-refractivity contribution in [3.05, 3.63) is 70.3 Å². The number of aliphatic hydroxyl groups excluding tert-OH is 1. The SMILES string of the molecule is CC(C)(C)OC(=O)NC(CCc1ccc(C#CCCNC(=O)OCc2ccccc2)c2c1CCCC2)C(=O)CO. The molecule has 3 N–H and O–H groups in total. The molecule has 0 bridgehead atoms. The summed E-state index contributed by atoms with van der Waals surface area (Å²) in [6, 6.07) is 12.7. The Balaban J connectivity index is 1.57. The largest absolute Gasteiger partial charge is 0.445 e. The first kappa shape index (κ1) is 30.7. The Labute approximate surface area is 236 Å². The summed E-state index contributed by atoms with van der Waals surface area (Å²) >= 11 is 0. The van der Waals surface area contributed by atoms with Crippen molar-refractivity contribution in [2.45, 2.75) is 84.0 Å². The molecule has 3 rings (SSSR count). The van der Waals surface area contributed by atoms with E-state index < -0.39 is 36.2 Å². The highest BCUT2D eigenvalue weighted by Gasteiger charge is 2.25. The molecule has 0 aliphatic heterocycles.